The van der Waals surface area contributed by atoms with Crippen LogP contribution in [0.25, 0.3) is 0 Å². The molecule has 0 aromatic heterocycles. The number of aliphatic hydroxyl groups excluding tert-OH is 1. The van der Waals surface area contributed by atoms with Crippen LogP contribution in [0.4, 0.5) is 0 Å². The van der Waals surface area contributed by atoms with Gasteiger partial charge in [0, 0.05) is 17.8 Å². The fraction of sp³-hybridized carbons (Fsp3) is 0.636. The average molecular weight is 230 g/mol. The van der Waals surface area contributed by atoms with Gasteiger partial charge in [-0.1, -0.05) is 13.3 Å². The number of carboxylic acids is 2. The zero-order chi connectivity index (χ0) is 12.6. The van der Waals surface area contributed by atoms with Gasteiger partial charge < -0.3 is 15.3 Å². The van der Waals surface area contributed by atoms with Crippen molar-refractivity contribution in [1.82, 2.24) is 0 Å². The summed E-state index contributed by atoms with van der Waals surface area (Å²) in [6, 6.07) is 0. The zero-order valence-corrected chi connectivity index (χ0v) is 9.40. The topological polar surface area (TPSA) is 94.8 Å². The van der Waals surface area contributed by atoms with Gasteiger partial charge in [0.05, 0.1) is 0 Å². The van der Waals surface area contributed by atoms with Gasteiger partial charge in [0.15, 0.2) is 0 Å². The van der Waals surface area contributed by atoms with E-state index in [0.717, 1.165) is 6.42 Å². The molecule has 0 saturated heterocycles. The Hall–Kier alpha value is -1.36. The normalized spacial score (nSPS) is 12.1. The second-order valence-corrected chi connectivity index (χ2v) is 3.50. The molecule has 16 heavy (non-hydrogen) atoms. The SMILES string of the molecule is CCCCC(C(=O)O)=C(CCCO)C(=O)O. The summed E-state index contributed by atoms with van der Waals surface area (Å²) in [5.74, 6) is -2.38. The maximum Gasteiger partial charge on any atom is 0.332 e. The summed E-state index contributed by atoms with van der Waals surface area (Å²) < 4.78 is 0. The lowest BCUT2D eigenvalue weighted by molar-refractivity contribution is -0.136. The number of aliphatic carboxylic acids is 2. The molecule has 0 unspecified atom stereocenters. The number of hydrogen-bond donors (Lipinski definition) is 3. The molecule has 0 aromatic carbocycles. The fourth-order valence-corrected chi connectivity index (χ4v) is 1.38. The molecule has 5 heteroatoms. The minimum atomic E-state index is -1.21. The van der Waals surface area contributed by atoms with Crippen molar-refractivity contribution in [2.75, 3.05) is 6.61 Å². The van der Waals surface area contributed by atoms with Crippen LogP contribution in [0.3, 0.4) is 0 Å². The van der Waals surface area contributed by atoms with Crippen LogP contribution in [-0.2, 0) is 9.59 Å². The van der Waals surface area contributed by atoms with E-state index < -0.39 is 11.9 Å². The van der Waals surface area contributed by atoms with Crippen molar-refractivity contribution in [1.29, 1.82) is 0 Å². The summed E-state index contributed by atoms with van der Waals surface area (Å²) in [4.78, 5) is 21.8. The number of hydrogen-bond acceptors (Lipinski definition) is 3. The molecule has 0 saturated carbocycles. The van der Waals surface area contributed by atoms with Crippen molar-refractivity contribution >= 4 is 11.9 Å². The van der Waals surface area contributed by atoms with Crippen LogP contribution in [0.15, 0.2) is 11.1 Å². The summed E-state index contributed by atoms with van der Waals surface area (Å²) in [6.45, 7) is 1.77. The highest BCUT2D eigenvalue weighted by Crippen LogP contribution is 2.17. The third-order valence-electron chi connectivity index (χ3n) is 2.25. The molecule has 0 rings (SSSR count). The van der Waals surface area contributed by atoms with Crippen LogP contribution in [0.2, 0.25) is 0 Å². The molecule has 0 aromatic rings. The van der Waals surface area contributed by atoms with E-state index in [1.54, 1.807) is 0 Å². The first-order valence-electron chi connectivity index (χ1n) is 5.34. The van der Waals surface area contributed by atoms with Gasteiger partial charge in [-0.2, -0.15) is 0 Å². The molecule has 0 radical (unpaired) electrons. The first-order valence-corrected chi connectivity index (χ1v) is 5.34. The number of carboxylic acid groups (broad SMARTS) is 2. The molecular formula is C11H18O5. The Morgan fingerprint density at radius 2 is 1.38 bits per heavy atom. The Kier molecular flexibility index (Phi) is 7.20. The van der Waals surface area contributed by atoms with Crippen molar-refractivity contribution in [3.05, 3.63) is 11.1 Å². The Morgan fingerprint density at radius 3 is 1.69 bits per heavy atom. The molecule has 0 atom stereocenters. The van der Waals surface area contributed by atoms with Gasteiger partial charge in [0.25, 0.3) is 0 Å². The van der Waals surface area contributed by atoms with Crippen LogP contribution in [0.5, 0.6) is 0 Å². The van der Waals surface area contributed by atoms with E-state index in [1.165, 1.54) is 0 Å². The van der Waals surface area contributed by atoms with E-state index >= 15 is 0 Å². The first-order chi connectivity index (χ1) is 7.54. The minimum absolute atomic E-state index is 0.0391. The third-order valence-corrected chi connectivity index (χ3v) is 2.25. The van der Waals surface area contributed by atoms with Gasteiger partial charge >= 0.3 is 11.9 Å². The van der Waals surface area contributed by atoms with Crippen molar-refractivity contribution in [2.45, 2.75) is 39.0 Å². The highest BCUT2D eigenvalue weighted by atomic mass is 16.4. The molecule has 5 nitrogen and oxygen atoms in total. The predicted octanol–water partition coefficient (Wildman–Crippen LogP) is 1.41. The van der Waals surface area contributed by atoms with Crippen molar-refractivity contribution in [3.8, 4) is 0 Å². The minimum Gasteiger partial charge on any atom is -0.478 e. The Bertz CT molecular complexity index is 252. The molecule has 0 aliphatic rings. The largest absolute Gasteiger partial charge is 0.478 e. The quantitative estimate of drug-likeness (QED) is 0.548. The van der Waals surface area contributed by atoms with E-state index in [9.17, 15) is 9.59 Å². The monoisotopic (exact) mass is 230 g/mol. The Balaban J connectivity index is 4.94. The second kappa shape index (κ2) is 7.87. The number of carbonyl (C=O) groups is 2. The Labute approximate surface area is 94.4 Å². The molecule has 0 aliphatic heterocycles. The standard InChI is InChI=1S/C11H18O5/c1-2-3-5-8(10(13)14)9(11(15)16)6-4-7-12/h12H,2-7H2,1H3,(H,13,14)(H,15,16). The lowest BCUT2D eigenvalue weighted by Crippen LogP contribution is -2.12. The average Bonchev–Trinajstić information content (AvgIpc) is 2.21. The van der Waals surface area contributed by atoms with Crippen LogP contribution < -0.4 is 0 Å². The molecule has 0 heterocycles. The van der Waals surface area contributed by atoms with Crippen molar-refractivity contribution < 1.29 is 24.9 Å². The summed E-state index contributed by atoms with van der Waals surface area (Å²) in [5, 5.41) is 26.5. The molecular weight excluding hydrogens is 212 g/mol. The lowest BCUT2D eigenvalue weighted by atomic mass is 9.99. The van der Waals surface area contributed by atoms with Gasteiger partial charge in [-0.05, 0) is 25.7 Å². The van der Waals surface area contributed by atoms with Gasteiger partial charge in [0.1, 0.15) is 0 Å². The molecule has 0 fully saturated rings. The van der Waals surface area contributed by atoms with E-state index in [4.69, 9.17) is 15.3 Å². The van der Waals surface area contributed by atoms with E-state index in [1.807, 2.05) is 6.92 Å². The molecule has 0 bridgehead atoms. The maximum atomic E-state index is 10.9. The van der Waals surface area contributed by atoms with E-state index in [0.29, 0.717) is 6.42 Å². The number of unbranched alkanes of at least 4 members (excludes halogenated alkanes) is 1. The number of rotatable bonds is 8. The van der Waals surface area contributed by atoms with Crippen molar-refractivity contribution in [2.24, 2.45) is 0 Å². The summed E-state index contributed by atoms with van der Waals surface area (Å²) in [5.41, 5.74) is -0.127. The van der Waals surface area contributed by atoms with Crippen LogP contribution in [-0.4, -0.2) is 33.9 Å². The van der Waals surface area contributed by atoms with Crippen molar-refractivity contribution in [3.63, 3.8) is 0 Å². The zero-order valence-electron chi connectivity index (χ0n) is 9.40. The Morgan fingerprint density at radius 1 is 0.938 bits per heavy atom. The second-order valence-electron chi connectivity index (χ2n) is 3.50. The van der Waals surface area contributed by atoms with E-state index in [-0.39, 0.29) is 37.0 Å². The number of aliphatic hydroxyl groups is 1. The van der Waals surface area contributed by atoms with Crippen LogP contribution in [0, 0.1) is 0 Å². The molecule has 0 spiro atoms. The maximum absolute atomic E-state index is 10.9. The first kappa shape index (κ1) is 14.6. The highest BCUT2D eigenvalue weighted by molar-refractivity contribution is 5.98. The van der Waals surface area contributed by atoms with Gasteiger partial charge in [0.2, 0.25) is 0 Å². The lowest BCUT2D eigenvalue weighted by Gasteiger charge is -2.07. The molecule has 3 N–H and O–H groups in total. The molecule has 0 aliphatic carbocycles. The van der Waals surface area contributed by atoms with Crippen LogP contribution in [0.1, 0.15) is 39.0 Å². The predicted molar refractivity (Wildman–Crippen MR) is 58.1 cm³/mol. The smallest absolute Gasteiger partial charge is 0.332 e. The van der Waals surface area contributed by atoms with E-state index in [2.05, 4.69) is 0 Å². The summed E-state index contributed by atoms with van der Waals surface area (Å²) in [6.07, 6.45) is 2.09. The highest BCUT2D eigenvalue weighted by Gasteiger charge is 2.18. The summed E-state index contributed by atoms with van der Waals surface area (Å²) in [7, 11) is 0. The third kappa shape index (κ3) is 4.93. The van der Waals surface area contributed by atoms with Crippen LogP contribution >= 0.6 is 0 Å². The van der Waals surface area contributed by atoms with Gasteiger partial charge in [-0.25, -0.2) is 9.59 Å². The van der Waals surface area contributed by atoms with Gasteiger partial charge in [-0.15, -0.1) is 0 Å². The van der Waals surface area contributed by atoms with Gasteiger partial charge in [-0.3, -0.25) is 0 Å². The summed E-state index contributed by atoms with van der Waals surface area (Å²) >= 11 is 0. The molecule has 92 valence electrons. The fourth-order valence-electron chi connectivity index (χ4n) is 1.38. The molecule has 0 amide bonds.